The highest BCUT2D eigenvalue weighted by Crippen LogP contribution is 2.44. The third-order valence-corrected chi connectivity index (χ3v) is 7.68. The minimum absolute atomic E-state index is 0.0816. The topological polar surface area (TPSA) is 109 Å². The number of amides is 2. The predicted octanol–water partition coefficient (Wildman–Crippen LogP) is 1.80. The Balaban J connectivity index is 1.11. The molecule has 1 aromatic heterocycles. The number of nitrogens with two attached hydrogens (primary N) is 1. The molecule has 6 rings (SSSR count). The Morgan fingerprint density at radius 3 is 2.53 bits per heavy atom. The Morgan fingerprint density at radius 1 is 1.06 bits per heavy atom. The van der Waals surface area contributed by atoms with Crippen molar-refractivity contribution in [2.24, 2.45) is 17.6 Å². The number of urea groups is 1. The smallest absolute Gasteiger partial charge is 0.327 e. The van der Waals surface area contributed by atoms with Gasteiger partial charge < -0.3 is 16.0 Å². The molecule has 2 unspecified atom stereocenters. The summed E-state index contributed by atoms with van der Waals surface area (Å²) in [6, 6.07) is 19.6. The van der Waals surface area contributed by atoms with Crippen molar-refractivity contribution < 1.29 is 4.79 Å². The summed E-state index contributed by atoms with van der Waals surface area (Å²) in [6.07, 6.45) is 1.65. The van der Waals surface area contributed by atoms with Gasteiger partial charge in [-0.15, -0.1) is 0 Å². The molecule has 3 heterocycles. The summed E-state index contributed by atoms with van der Waals surface area (Å²) in [5, 5.41) is 6.16. The van der Waals surface area contributed by atoms with Gasteiger partial charge in [0.2, 0.25) is 0 Å². The zero-order valence-corrected chi connectivity index (χ0v) is 20.1. The van der Waals surface area contributed by atoms with Crippen molar-refractivity contribution in [3.63, 3.8) is 0 Å². The molecule has 1 aliphatic carbocycles. The molecule has 2 aliphatic heterocycles. The molecule has 3 aromatic rings. The normalized spacial score (nSPS) is 25.4. The molecule has 2 aromatic carbocycles. The molecule has 1 saturated carbocycles. The van der Waals surface area contributed by atoms with E-state index in [2.05, 4.69) is 32.7 Å². The monoisotopic (exact) mass is 485 g/mol. The van der Waals surface area contributed by atoms with E-state index in [9.17, 15) is 9.59 Å². The van der Waals surface area contributed by atoms with Crippen LogP contribution in [0.15, 0.2) is 71.7 Å². The second-order valence-corrected chi connectivity index (χ2v) is 9.99. The Hall–Kier alpha value is -3.53. The van der Waals surface area contributed by atoms with Crippen LogP contribution in [0, 0.1) is 11.8 Å². The number of anilines is 1. The van der Waals surface area contributed by atoms with Gasteiger partial charge in [-0.05, 0) is 41.2 Å². The molecule has 9 nitrogen and oxygen atoms in total. The number of piperidine rings is 1. The lowest BCUT2D eigenvalue weighted by Crippen LogP contribution is -2.50. The Kier molecular flexibility index (Phi) is 6.04. The van der Waals surface area contributed by atoms with Crippen LogP contribution in [0.1, 0.15) is 17.2 Å². The van der Waals surface area contributed by atoms with E-state index in [1.807, 2.05) is 42.5 Å². The molecule has 186 valence electrons. The molecule has 4 atom stereocenters. The van der Waals surface area contributed by atoms with Gasteiger partial charge in [-0.1, -0.05) is 42.5 Å². The summed E-state index contributed by atoms with van der Waals surface area (Å²) < 4.78 is 1.49. The SMILES string of the molecule is NC1[C@H]2CN(Cc3ccc(-n4ccc(NC(=O)N5CCNCC5c5ccccc5)nc4=O)cc3)C[C@@H]12. The van der Waals surface area contributed by atoms with E-state index in [0.29, 0.717) is 37.5 Å². The number of hydrogen-bond donors (Lipinski definition) is 3. The second kappa shape index (κ2) is 9.50. The van der Waals surface area contributed by atoms with Crippen molar-refractivity contribution >= 4 is 11.8 Å². The van der Waals surface area contributed by atoms with Gasteiger partial charge in [-0.25, -0.2) is 9.59 Å². The number of piperazine rings is 1. The van der Waals surface area contributed by atoms with Gasteiger partial charge in [0.1, 0.15) is 5.82 Å². The highest BCUT2D eigenvalue weighted by molar-refractivity contribution is 5.88. The largest absolute Gasteiger partial charge is 0.354 e. The number of carbonyl (C=O) groups excluding carboxylic acids is 1. The van der Waals surface area contributed by atoms with Crippen LogP contribution < -0.4 is 22.1 Å². The van der Waals surface area contributed by atoms with Gasteiger partial charge in [0, 0.05) is 51.5 Å². The number of fused-ring (bicyclic) bond motifs is 1. The van der Waals surface area contributed by atoms with Crippen LogP contribution in [-0.2, 0) is 6.54 Å². The number of benzene rings is 2. The first-order valence-corrected chi connectivity index (χ1v) is 12.6. The molecule has 3 aliphatic rings. The van der Waals surface area contributed by atoms with E-state index in [0.717, 1.165) is 30.9 Å². The Morgan fingerprint density at radius 2 is 1.81 bits per heavy atom. The standard InChI is InChI=1S/C27H31N7O2/c28-25-21-16-32(17-22(21)25)15-18-6-8-20(9-7-18)33-12-10-24(30-26(33)35)31-27(36)34-13-11-29-14-23(34)19-4-2-1-3-5-19/h1-10,12,21-23,25,29H,11,13-17,28H2,(H,30,31,35,36)/t21-,22+,23?,25?. The van der Waals surface area contributed by atoms with Gasteiger partial charge in [-0.3, -0.25) is 14.8 Å². The van der Waals surface area contributed by atoms with Crippen LogP contribution in [0.4, 0.5) is 10.6 Å². The number of nitrogens with zero attached hydrogens (tertiary/aromatic N) is 4. The zero-order chi connectivity index (χ0) is 24.6. The lowest BCUT2D eigenvalue weighted by Gasteiger charge is -2.36. The van der Waals surface area contributed by atoms with Crippen LogP contribution in [0.2, 0.25) is 0 Å². The quantitative estimate of drug-likeness (QED) is 0.509. The average Bonchev–Trinajstić information content (AvgIpc) is 3.29. The molecule has 2 amide bonds. The number of carbonyl (C=O) groups is 1. The summed E-state index contributed by atoms with van der Waals surface area (Å²) in [7, 11) is 0. The van der Waals surface area contributed by atoms with Crippen LogP contribution in [0.25, 0.3) is 5.69 Å². The highest BCUT2D eigenvalue weighted by Gasteiger charge is 2.53. The summed E-state index contributed by atoms with van der Waals surface area (Å²) in [6.45, 7) is 5.01. The van der Waals surface area contributed by atoms with Crippen molar-refractivity contribution in [3.8, 4) is 5.69 Å². The molecule has 3 fully saturated rings. The molecular formula is C27H31N7O2. The van der Waals surface area contributed by atoms with Gasteiger partial charge in [0.05, 0.1) is 11.7 Å². The van der Waals surface area contributed by atoms with Gasteiger partial charge in [0.25, 0.3) is 0 Å². The van der Waals surface area contributed by atoms with Crippen molar-refractivity contribution in [3.05, 3.63) is 88.5 Å². The third kappa shape index (κ3) is 4.53. The van der Waals surface area contributed by atoms with Crippen LogP contribution in [0.3, 0.4) is 0 Å². The van der Waals surface area contributed by atoms with E-state index in [1.54, 1.807) is 17.2 Å². The highest BCUT2D eigenvalue weighted by atomic mass is 16.2. The lowest BCUT2D eigenvalue weighted by molar-refractivity contribution is 0.171. The molecule has 2 saturated heterocycles. The van der Waals surface area contributed by atoms with Crippen molar-refractivity contribution in [1.29, 1.82) is 0 Å². The Bertz CT molecular complexity index is 1280. The molecule has 0 bridgehead atoms. The summed E-state index contributed by atoms with van der Waals surface area (Å²) in [5.41, 5.74) is 8.62. The maximum atomic E-state index is 13.1. The molecule has 36 heavy (non-hydrogen) atoms. The zero-order valence-electron chi connectivity index (χ0n) is 20.1. The van der Waals surface area contributed by atoms with E-state index >= 15 is 0 Å². The first-order chi connectivity index (χ1) is 17.6. The number of aromatic nitrogens is 2. The van der Waals surface area contributed by atoms with Gasteiger partial charge in [-0.2, -0.15) is 4.98 Å². The number of likely N-dealkylation sites (tertiary alicyclic amines) is 1. The fourth-order valence-corrected chi connectivity index (χ4v) is 5.58. The van der Waals surface area contributed by atoms with Crippen molar-refractivity contribution in [2.75, 3.05) is 38.0 Å². The number of hydrogen-bond acceptors (Lipinski definition) is 6. The first kappa shape index (κ1) is 22.9. The summed E-state index contributed by atoms with van der Waals surface area (Å²) in [4.78, 5) is 34.2. The number of rotatable bonds is 5. The number of nitrogens with one attached hydrogen (secondary N) is 2. The van der Waals surface area contributed by atoms with Gasteiger partial charge in [0.15, 0.2) is 0 Å². The fourth-order valence-electron chi connectivity index (χ4n) is 5.58. The Labute approximate surface area is 209 Å². The van der Waals surface area contributed by atoms with Crippen LogP contribution in [-0.4, -0.2) is 64.1 Å². The van der Waals surface area contributed by atoms with Crippen LogP contribution in [0.5, 0.6) is 0 Å². The predicted molar refractivity (Wildman–Crippen MR) is 138 cm³/mol. The van der Waals surface area contributed by atoms with E-state index < -0.39 is 5.69 Å². The average molecular weight is 486 g/mol. The van der Waals surface area contributed by atoms with Gasteiger partial charge >= 0.3 is 11.7 Å². The van der Waals surface area contributed by atoms with Crippen LogP contribution >= 0.6 is 0 Å². The minimum Gasteiger partial charge on any atom is -0.327 e. The lowest BCUT2D eigenvalue weighted by atomic mass is 10.0. The second-order valence-electron chi connectivity index (χ2n) is 9.99. The van der Waals surface area contributed by atoms with E-state index in [4.69, 9.17) is 5.73 Å². The molecule has 9 heteroatoms. The molecule has 0 radical (unpaired) electrons. The maximum absolute atomic E-state index is 13.1. The molecule has 0 spiro atoms. The third-order valence-electron chi connectivity index (χ3n) is 7.68. The fraction of sp³-hybridized carbons (Fsp3) is 0.370. The first-order valence-electron chi connectivity index (χ1n) is 12.6. The minimum atomic E-state index is -0.436. The van der Waals surface area contributed by atoms with E-state index in [1.165, 1.54) is 10.1 Å². The summed E-state index contributed by atoms with van der Waals surface area (Å²) in [5.74, 6) is 1.58. The maximum Gasteiger partial charge on any atom is 0.354 e. The molecule has 4 N–H and O–H groups in total. The van der Waals surface area contributed by atoms with Crippen molar-refractivity contribution in [2.45, 2.75) is 18.6 Å². The molecular weight excluding hydrogens is 454 g/mol. The van der Waals surface area contributed by atoms with Crippen molar-refractivity contribution in [1.82, 2.24) is 24.7 Å². The summed E-state index contributed by atoms with van der Waals surface area (Å²) >= 11 is 0. The van der Waals surface area contributed by atoms with E-state index in [-0.39, 0.29) is 17.9 Å².